The van der Waals surface area contributed by atoms with Gasteiger partial charge in [0.05, 0.1) is 0 Å². The van der Waals surface area contributed by atoms with E-state index in [-0.39, 0.29) is 5.97 Å². The molecule has 0 fully saturated rings. The van der Waals surface area contributed by atoms with Gasteiger partial charge in [0.25, 0.3) is 0 Å². The second-order valence-corrected chi connectivity index (χ2v) is 8.45. The van der Waals surface area contributed by atoms with Gasteiger partial charge in [-0.05, 0) is 0 Å². The minimum absolute atomic E-state index is 0.238. The monoisotopic (exact) mass is 263 g/mol. The molecule has 3 heteroatoms. The summed E-state index contributed by atoms with van der Waals surface area (Å²) in [5.74, 6) is -0.238. The van der Waals surface area contributed by atoms with Crippen LogP contribution in [0.15, 0.2) is 12.7 Å². The van der Waals surface area contributed by atoms with Crippen LogP contribution in [0.4, 0.5) is 0 Å². The zero-order chi connectivity index (χ0) is 8.69. The first kappa shape index (κ1) is 11.0. The fourth-order valence-electron chi connectivity index (χ4n) is 0.690. The van der Waals surface area contributed by atoms with Gasteiger partial charge in [-0.3, -0.25) is 0 Å². The molecule has 0 aromatic carbocycles. The van der Waals surface area contributed by atoms with Crippen LogP contribution < -0.4 is 0 Å². The summed E-state index contributed by atoms with van der Waals surface area (Å²) in [5, 5.41) is 0. The van der Waals surface area contributed by atoms with E-state index in [1.165, 1.54) is 18.9 Å². The molecule has 0 aliphatic rings. The first-order valence-corrected chi connectivity index (χ1v) is 9.91. The van der Waals surface area contributed by atoms with Crippen LogP contribution in [0.25, 0.3) is 0 Å². The third-order valence-electron chi connectivity index (χ3n) is 1.32. The Labute approximate surface area is 75.9 Å². The molecular weight excluding hydrogens is 247 g/mol. The predicted molar refractivity (Wildman–Crippen MR) is 47.6 cm³/mol. The molecule has 0 rings (SSSR count). The van der Waals surface area contributed by atoms with Gasteiger partial charge in [0.15, 0.2) is 0 Å². The second kappa shape index (κ2) is 6.70. The van der Waals surface area contributed by atoms with E-state index in [0.29, 0.717) is 0 Å². The molecule has 0 unspecified atom stereocenters. The number of rotatable bonds is 5. The minimum atomic E-state index is -1.73. The van der Waals surface area contributed by atoms with Crippen LogP contribution in [-0.4, -0.2) is 26.1 Å². The molecule has 0 heterocycles. The molecule has 63 valence electrons. The Hall–Kier alpha value is 0.00870. The molecule has 0 aliphatic carbocycles. The van der Waals surface area contributed by atoms with Crippen molar-refractivity contribution >= 4 is 26.1 Å². The molecule has 0 saturated carbocycles. The summed E-state index contributed by atoms with van der Waals surface area (Å²) in [4.78, 5) is 12.8. The topological polar surface area (TPSA) is 26.3 Å². The van der Waals surface area contributed by atoms with Gasteiger partial charge in [-0.1, -0.05) is 0 Å². The Morgan fingerprint density at radius 1 is 1.73 bits per heavy atom. The molecular formula is C8H15O2Sn. The Morgan fingerprint density at radius 2 is 2.36 bits per heavy atom. The number of unbranched alkanes of at least 4 members (excludes halogenated alkanes) is 1. The van der Waals surface area contributed by atoms with Crippen LogP contribution in [0.1, 0.15) is 19.8 Å². The van der Waals surface area contributed by atoms with Gasteiger partial charge in [-0.25, -0.2) is 0 Å². The molecule has 0 amide bonds. The third-order valence-corrected chi connectivity index (χ3v) is 5.91. The van der Waals surface area contributed by atoms with Crippen molar-refractivity contribution in [1.82, 2.24) is 0 Å². The third kappa shape index (κ3) is 6.41. The molecule has 0 atom stereocenters. The summed E-state index contributed by atoms with van der Waals surface area (Å²) in [6.07, 6.45) is 3.62. The Kier molecular flexibility index (Phi) is 6.71. The molecule has 0 bridgehead atoms. The van der Waals surface area contributed by atoms with Crippen LogP contribution in [0.3, 0.4) is 0 Å². The van der Waals surface area contributed by atoms with E-state index in [1.807, 2.05) is 0 Å². The van der Waals surface area contributed by atoms with Crippen molar-refractivity contribution in [3.63, 3.8) is 0 Å². The fourth-order valence-corrected chi connectivity index (χ4v) is 4.63. The van der Waals surface area contributed by atoms with Crippen molar-refractivity contribution in [2.24, 2.45) is 0 Å². The van der Waals surface area contributed by atoms with Crippen molar-refractivity contribution in [2.75, 3.05) is 0 Å². The van der Waals surface area contributed by atoms with Gasteiger partial charge in [0.1, 0.15) is 0 Å². The van der Waals surface area contributed by atoms with E-state index in [2.05, 4.69) is 18.4 Å². The van der Waals surface area contributed by atoms with E-state index in [1.54, 1.807) is 0 Å². The number of carbonyl (C=O) groups excluding carboxylic acids is 1. The van der Waals surface area contributed by atoms with Gasteiger partial charge in [-0.15, -0.1) is 0 Å². The molecule has 0 spiro atoms. The summed E-state index contributed by atoms with van der Waals surface area (Å²) in [5.41, 5.74) is 0. The van der Waals surface area contributed by atoms with Crippen LogP contribution in [0.2, 0.25) is 9.38 Å². The quantitative estimate of drug-likeness (QED) is 0.560. The molecule has 0 aromatic rings. The zero-order valence-corrected chi connectivity index (χ0v) is 10.1. The van der Waals surface area contributed by atoms with Gasteiger partial charge < -0.3 is 0 Å². The average Bonchev–Trinajstić information content (AvgIpc) is 2.00. The Morgan fingerprint density at radius 3 is 2.82 bits per heavy atom. The van der Waals surface area contributed by atoms with Crippen LogP contribution >= 0.6 is 0 Å². The molecule has 0 N–H and O–H groups in total. The molecule has 0 aliphatic heterocycles. The van der Waals surface area contributed by atoms with Gasteiger partial charge in [0, 0.05) is 0 Å². The molecule has 1 radical (unpaired) electrons. The van der Waals surface area contributed by atoms with E-state index >= 15 is 0 Å². The summed E-state index contributed by atoms with van der Waals surface area (Å²) in [7, 11) is 0. The summed E-state index contributed by atoms with van der Waals surface area (Å²) < 4.78 is 6.28. The van der Waals surface area contributed by atoms with E-state index < -0.39 is 20.2 Å². The molecule has 11 heavy (non-hydrogen) atoms. The van der Waals surface area contributed by atoms with Crippen molar-refractivity contribution in [2.45, 2.75) is 29.1 Å². The maximum absolute atomic E-state index is 10.7. The fraction of sp³-hybridized carbons (Fsp3) is 0.625. The SMILES string of the molecule is C=CC(=O)[O][Sn]([CH3])[CH2]CCC. The van der Waals surface area contributed by atoms with E-state index in [9.17, 15) is 4.79 Å². The zero-order valence-electron chi connectivity index (χ0n) is 7.22. The maximum atomic E-state index is 10.7. The number of carbonyl (C=O) groups is 1. The molecule has 2 nitrogen and oxygen atoms in total. The van der Waals surface area contributed by atoms with Crippen molar-refractivity contribution in [3.05, 3.63) is 12.7 Å². The molecule has 0 aromatic heterocycles. The van der Waals surface area contributed by atoms with Crippen LogP contribution in [0, 0.1) is 0 Å². The standard InChI is InChI=1S/C4H9.C3H4O2.CH3.Sn/c1-3-4-2;1-2-3(4)5;;/h1,3-4H2,2H3;2H,1H2,(H,4,5);1H3;/q;;;+1/p-1. The normalized spacial score (nSPS) is 9.73. The number of hydrogen-bond acceptors (Lipinski definition) is 2. The van der Waals surface area contributed by atoms with Gasteiger partial charge in [0.2, 0.25) is 0 Å². The summed E-state index contributed by atoms with van der Waals surface area (Å²) in [6, 6.07) is 0. The van der Waals surface area contributed by atoms with E-state index in [0.717, 1.165) is 4.44 Å². The van der Waals surface area contributed by atoms with Crippen molar-refractivity contribution in [3.8, 4) is 0 Å². The van der Waals surface area contributed by atoms with E-state index in [4.69, 9.17) is 3.07 Å². The number of hydrogen-bond donors (Lipinski definition) is 0. The first-order valence-electron chi connectivity index (χ1n) is 3.87. The summed E-state index contributed by atoms with van der Waals surface area (Å²) >= 11 is -1.73. The van der Waals surface area contributed by atoms with Crippen LogP contribution in [0.5, 0.6) is 0 Å². The average molecular weight is 262 g/mol. The Balaban J connectivity index is 3.43. The predicted octanol–water partition coefficient (Wildman–Crippen LogP) is 2.14. The molecule has 0 saturated heterocycles. The van der Waals surface area contributed by atoms with Crippen molar-refractivity contribution in [1.29, 1.82) is 0 Å². The first-order chi connectivity index (χ1) is 5.20. The van der Waals surface area contributed by atoms with Crippen LogP contribution in [-0.2, 0) is 7.87 Å². The second-order valence-electron chi connectivity index (χ2n) is 2.43. The summed E-state index contributed by atoms with van der Waals surface area (Å²) in [6.45, 7) is 5.50. The Bertz CT molecular complexity index is 134. The van der Waals surface area contributed by atoms with Gasteiger partial charge >= 0.3 is 75.8 Å². The van der Waals surface area contributed by atoms with Gasteiger partial charge in [-0.2, -0.15) is 0 Å². The van der Waals surface area contributed by atoms with Crippen molar-refractivity contribution < 1.29 is 7.87 Å².